The van der Waals surface area contributed by atoms with E-state index in [9.17, 15) is 10.1 Å². The Labute approximate surface area is 164 Å². The van der Waals surface area contributed by atoms with Crippen molar-refractivity contribution >= 4 is 5.82 Å². The Kier molecular flexibility index (Phi) is 4.38. The van der Waals surface area contributed by atoms with Gasteiger partial charge in [-0.15, -0.1) is 0 Å². The highest BCUT2D eigenvalue weighted by Crippen LogP contribution is 2.38. The average Bonchev–Trinajstić information content (AvgIpc) is 3.47. The summed E-state index contributed by atoms with van der Waals surface area (Å²) in [7, 11) is 0. The van der Waals surface area contributed by atoms with Gasteiger partial charge in [0.25, 0.3) is 5.56 Å². The van der Waals surface area contributed by atoms with Crippen LogP contribution in [0.1, 0.15) is 60.5 Å². The molecule has 0 aromatic carbocycles. The second-order valence-electron chi connectivity index (χ2n) is 8.44. The number of piperidine rings is 1. The van der Waals surface area contributed by atoms with Gasteiger partial charge in [0.05, 0.1) is 17.6 Å². The van der Waals surface area contributed by atoms with E-state index in [2.05, 4.69) is 16.0 Å². The summed E-state index contributed by atoms with van der Waals surface area (Å²) in [6.45, 7) is 2.49. The first-order valence-electron chi connectivity index (χ1n) is 10.5. The lowest BCUT2D eigenvalue weighted by molar-refractivity contribution is 0.349. The van der Waals surface area contributed by atoms with Gasteiger partial charge in [0.1, 0.15) is 11.9 Å². The highest BCUT2D eigenvalue weighted by Gasteiger charge is 2.27. The van der Waals surface area contributed by atoms with Crippen molar-refractivity contribution in [1.29, 1.82) is 5.26 Å². The zero-order valence-electron chi connectivity index (χ0n) is 16.1. The van der Waals surface area contributed by atoms with Crippen molar-refractivity contribution in [2.24, 2.45) is 5.92 Å². The molecule has 2 aromatic heterocycles. The summed E-state index contributed by atoms with van der Waals surface area (Å²) in [6.07, 6.45) is 9.27. The molecule has 6 heteroatoms. The number of aryl methyl sites for hydroxylation is 2. The minimum Gasteiger partial charge on any atom is -0.355 e. The summed E-state index contributed by atoms with van der Waals surface area (Å²) in [5.74, 6) is 1.83. The van der Waals surface area contributed by atoms with Crippen LogP contribution in [0.3, 0.4) is 0 Å². The van der Waals surface area contributed by atoms with Crippen molar-refractivity contribution in [2.45, 2.75) is 57.4 Å². The van der Waals surface area contributed by atoms with E-state index in [0.717, 1.165) is 76.1 Å². The van der Waals surface area contributed by atoms with Gasteiger partial charge in [0, 0.05) is 37.3 Å². The van der Waals surface area contributed by atoms with Crippen LogP contribution in [-0.4, -0.2) is 27.6 Å². The Balaban J connectivity index is 1.26. The van der Waals surface area contributed by atoms with Crippen LogP contribution < -0.4 is 10.5 Å². The van der Waals surface area contributed by atoms with Gasteiger partial charge in [-0.3, -0.25) is 9.36 Å². The first kappa shape index (κ1) is 17.4. The molecule has 2 aromatic rings. The Hall–Kier alpha value is -2.68. The third-order valence-electron chi connectivity index (χ3n) is 6.42. The maximum Gasteiger partial charge on any atom is 0.253 e. The quantitative estimate of drug-likeness (QED) is 0.821. The number of aromatic nitrogens is 3. The first-order valence-corrected chi connectivity index (χ1v) is 10.5. The van der Waals surface area contributed by atoms with E-state index in [1.807, 2.05) is 6.07 Å². The van der Waals surface area contributed by atoms with Gasteiger partial charge in [-0.2, -0.15) is 5.26 Å². The maximum absolute atomic E-state index is 12.4. The SMILES string of the molecule is N#Cc1cc2c(nc1N1CCC(Cn3cnc(C4CC4)cc3=O)CC1)CCC2. The fraction of sp³-hybridized carbons (Fsp3) is 0.545. The third kappa shape index (κ3) is 3.30. The van der Waals surface area contributed by atoms with Gasteiger partial charge in [-0.25, -0.2) is 9.97 Å². The third-order valence-corrected chi connectivity index (χ3v) is 6.42. The number of hydrogen-bond acceptors (Lipinski definition) is 5. The molecule has 1 saturated heterocycles. The average molecular weight is 375 g/mol. The number of anilines is 1. The molecule has 1 saturated carbocycles. The molecule has 28 heavy (non-hydrogen) atoms. The molecule has 1 aliphatic heterocycles. The predicted octanol–water partition coefficient (Wildman–Crippen LogP) is 2.79. The number of fused-ring (bicyclic) bond motifs is 1. The van der Waals surface area contributed by atoms with E-state index in [1.54, 1.807) is 17.0 Å². The zero-order valence-corrected chi connectivity index (χ0v) is 16.1. The molecule has 0 N–H and O–H groups in total. The van der Waals surface area contributed by atoms with Crippen LogP contribution in [0.25, 0.3) is 0 Å². The molecule has 2 aliphatic carbocycles. The molecule has 0 bridgehead atoms. The van der Waals surface area contributed by atoms with E-state index in [1.165, 1.54) is 11.3 Å². The molecule has 144 valence electrons. The standard InChI is InChI=1S/C22H25N5O/c23-12-18-10-17-2-1-3-19(17)25-22(18)26-8-6-15(7-9-26)13-27-14-24-20(11-21(27)28)16-4-5-16/h10-11,14-16H,1-9,13H2. The monoisotopic (exact) mass is 375 g/mol. The summed E-state index contributed by atoms with van der Waals surface area (Å²) >= 11 is 0. The van der Waals surface area contributed by atoms with Gasteiger partial charge in [0.15, 0.2) is 0 Å². The topological polar surface area (TPSA) is 74.8 Å². The molecular weight excluding hydrogens is 350 g/mol. The van der Waals surface area contributed by atoms with Crippen LogP contribution in [0.15, 0.2) is 23.3 Å². The van der Waals surface area contributed by atoms with E-state index >= 15 is 0 Å². The fourth-order valence-corrected chi connectivity index (χ4v) is 4.57. The smallest absolute Gasteiger partial charge is 0.253 e. The lowest BCUT2D eigenvalue weighted by Crippen LogP contribution is -2.37. The minimum absolute atomic E-state index is 0.0754. The van der Waals surface area contributed by atoms with Gasteiger partial charge < -0.3 is 4.90 Å². The number of pyridine rings is 1. The van der Waals surface area contributed by atoms with Gasteiger partial charge in [-0.05, 0) is 62.5 Å². The maximum atomic E-state index is 12.4. The fourth-order valence-electron chi connectivity index (χ4n) is 4.57. The Morgan fingerprint density at radius 1 is 1.14 bits per heavy atom. The van der Waals surface area contributed by atoms with Crippen LogP contribution in [0.2, 0.25) is 0 Å². The number of hydrogen-bond donors (Lipinski definition) is 0. The van der Waals surface area contributed by atoms with Crippen molar-refractivity contribution < 1.29 is 0 Å². The molecule has 6 nitrogen and oxygen atoms in total. The lowest BCUT2D eigenvalue weighted by atomic mass is 9.96. The van der Waals surface area contributed by atoms with Crippen molar-refractivity contribution in [3.05, 3.63) is 51.3 Å². The minimum atomic E-state index is 0.0754. The van der Waals surface area contributed by atoms with Crippen LogP contribution in [0.5, 0.6) is 0 Å². The molecule has 2 fully saturated rings. The van der Waals surface area contributed by atoms with E-state index in [4.69, 9.17) is 4.98 Å². The molecule has 0 amide bonds. The number of rotatable bonds is 4. The predicted molar refractivity (Wildman–Crippen MR) is 106 cm³/mol. The van der Waals surface area contributed by atoms with Crippen LogP contribution >= 0.6 is 0 Å². The Bertz CT molecular complexity index is 993. The Morgan fingerprint density at radius 3 is 2.68 bits per heavy atom. The highest BCUT2D eigenvalue weighted by molar-refractivity contribution is 5.57. The molecule has 5 rings (SSSR count). The van der Waals surface area contributed by atoms with Crippen molar-refractivity contribution in [3.63, 3.8) is 0 Å². The first-order chi connectivity index (χ1) is 13.7. The molecule has 0 radical (unpaired) electrons. The van der Waals surface area contributed by atoms with Crippen molar-refractivity contribution in [2.75, 3.05) is 18.0 Å². The molecule has 3 heterocycles. The van der Waals surface area contributed by atoms with Crippen molar-refractivity contribution in [3.8, 4) is 6.07 Å². The van der Waals surface area contributed by atoms with Crippen molar-refractivity contribution in [1.82, 2.24) is 14.5 Å². The summed E-state index contributed by atoms with van der Waals surface area (Å²) in [6, 6.07) is 6.11. The summed E-state index contributed by atoms with van der Waals surface area (Å²) in [5.41, 5.74) is 4.16. The van der Waals surface area contributed by atoms with E-state index in [0.29, 0.717) is 17.4 Å². The zero-order chi connectivity index (χ0) is 19.1. The van der Waals surface area contributed by atoms with Crippen LogP contribution in [0, 0.1) is 17.2 Å². The largest absolute Gasteiger partial charge is 0.355 e. The van der Waals surface area contributed by atoms with E-state index in [-0.39, 0.29) is 5.56 Å². The van der Waals surface area contributed by atoms with Gasteiger partial charge in [-0.1, -0.05) is 0 Å². The normalized spacial score (nSPS) is 19.5. The molecule has 0 atom stereocenters. The van der Waals surface area contributed by atoms with Gasteiger partial charge >= 0.3 is 0 Å². The molecule has 3 aliphatic rings. The number of nitriles is 1. The lowest BCUT2D eigenvalue weighted by Gasteiger charge is -2.33. The van der Waals surface area contributed by atoms with Gasteiger partial charge in [0.2, 0.25) is 0 Å². The summed E-state index contributed by atoms with van der Waals surface area (Å²) in [5, 5.41) is 9.56. The van der Waals surface area contributed by atoms with Crippen LogP contribution in [0.4, 0.5) is 5.82 Å². The molecule has 0 spiro atoms. The second kappa shape index (κ2) is 7.05. The molecular formula is C22H25N5O. The Morgan fingerprint density at radius 2 is 1.96 bits per heavy atom. The summed E-state index contributed by atoms with van der Waals surface area (Å²) < 4.78 is 1.76. The second-order valence-corrected chi connectivity index (χ2v) is 8.44. The van der Waals surface area contributed by atoms with Crippen LogP contribution in [-0.2, 0) is 19.4 Å². The molecule has 0 unspecified atom stereocenters. The summed E-state index contributed by atoms with van der Waals surface area (Å²) in [4.78, 5) is 24.0. The van der Waals surface area contributed by atoms with E-state index < -0.39 is 0 Å². The number of nitrogens with zero attached hydrogens (tertiary/aromatic N) is 5. The highest BCUT2D eigenvalue weighted by atomic mass is 16.1.